The number of fused-ring (bicyclic) bond motifs is 1. The van der Waals surface area contributed by atoms with Crippen molar-refractivity contribution < 1.29 is 4.74 Å². The largest absolute Gasteiger partial charge is 0.368 e. The molecule has 3 heterocycles. The topological polar surface area (TPSA) is 47.0 Å². The number of para-hydroxylation sites is 1. The second-order valence-electron chi connectivity index (χ2n) is 4.62. The van der Waals surface area contributed by atoms with Crippen molar-refractivity contribution in [3.05, 3.63) is 34.7 Å². The third kappa shape index (κ3) is 2.25. The number of rotatable bonds is 2. The summed E-state index contributed by atoms with van der Waals surface area (Å²) in [5.74, 6) is 0. The van der Waals surface area contributed by atoms with Crippen molar-refractivity contribution in [1.29, 1.82) is 0 Å². The van der Waals surface area contributed by atoms with Crippen molar-refractivity contribution in [3.8, 4) is 10.7 Å². The zero-order valence-corrected chi connectivity index (χ0v) is 12.3. The minimum Gasteiger partial charge on any atom is -0.368 e. The van der Waals surface area contributed by atoms with Gasteiger partial charge in [-0.25, -0.2) is 9.97 Å². The molecule has 0 aliphatic carbocycles. The maximum absolute atomic E-state index is 5.74. The molecule has 1 fully saturated rings. The Morgan fingerprint density at radius 1 is 1.25 bits per heavy atom. The van der Waals surface area contributed by atoms with Crippen LogP contribution in [-0.2, 0) is 4.74 Å². The van der Waals surface area contributed by atoms with Gasteiger partial charge in [0.25, 0.3) is 0 Å². The molecule has 0 saturated carbocycles. The third-order valence-corrected chi connectivity index (χ3v) is 5.23. The first-order valence-electron chi connectivity index (χ1n) is 6.54. The molecule has 1 aliphatic rings. The van der Waals surface area contributed by atoms with Gasteiger partial charge in [-0.05, 0) is 12.1 Å². The van der Waals surface area contributed by atoms with Crippen LogP contribution >= 0.6 is 22.7 Å². The second kappa shape index (κ2) is 5.21. The van der Waals surface area contributed by atoms with E-state index in [9.17, 15) is 0 Å². The molecule has 1 unspecified atom stereocenters. The van der Waals surface area contributed by atoms with Gasteiger partial charge >= 0.3 is 0 Å². The minimum atomic E-state index is 0.0804. The molecule has 1 aliphatic heterocycles. The lowest BCUT2D eigenvalue weighted by Gasteiger charge is -2.21. The van der Waals surface area contributed by atoms with Gasteiger partial charge in [-0.15, -0.1) is 22.7 Å². The fraction of sp³-hybridized carbons (Fsp3) is 0.286. The highest BCUT2D eigenvalue weighted by Gasteiger charge is 2.20. The Bertz CT molecular complexity index is 698. The van der Waals surface area contributed by atoms with E-state index in [2.05, 4.69) is 21.7 Å². The van der Waals surface area contributed by atoms with E-state index in [0.29, 0.717) is 0 Å². The number of hydrogen-bond acceptors (Lipinski definition) is 6. The molecule has 1 N–H and O–H groups in total. The van der Waals surface area contributed by atoms with E-state index in [4.69, 9.17) is 9.72 Å². The first kappa shape index (κ1) is 12.4. The van der Waals surface area contributed by atoms with E-state index in [0.717, 1.165) is 40.9 Å². The SMILES string of the molecule is c1ccc2sc(-c3csc(C4CNCCO4)n3)nc2c1. The number of hydrogen-bond donors (Lipinski definition) is 1. The molecule has 1 saturated heterocycles. The van der Waals surface area contributed by atoms with Crippen LogP contribution in [0.3, 0.4) is 0 Å². The number of ether oxygens (including phenoxy) is 1. The van der Waals surface area contributed by atoms with Crippen molar-refractivity contribution in [2.24, 2.45) is 0 Å². The predicted molar refractivity (Wildman–Crippen MR) is 82.3 cm³/mol. The molecule has 4 rings (SSSR count). The van der Waals surface area contributed by atoms with Crippen LogP contribution in [0.15, 0.2) is 29.6 Å². The molecule has 6 heteroatoms. The number of nitrogens with zero attached hydrogens (tertiary/aromatic N) is 2. The quantitative estimate of drug-likeness (QED) is 0.790. The molecular weight excluding hydrogens is 290 g/mol. The Morgan fingerprint density at radius 2 is 2.20 bits per heavy atom. The number of nitrogens with one attached hydrogen (secondary N) is 1. The van der Waals surface area contributed by atoms with Gasteiger partial charge in [0.15, 0.2) is 0 Å². The smallest absolute Gasteiger partial charge is 0.143 e. The lowest BCUT2D eigenvalue weighted by atomic mass is 10.3. The number of morpholine rings is 1. The lowest BCUT2D eigenvalue weighted by Crippen LogP contribution is -2.33. The molecule has 1 atom stereocenters. The Labute approximate surface area is 124 Å². The van der Waals surface area contributed by atoms with Gasteiger partial charge in [0.1, 0.15) is 21.8 Å². The van der Waals surface area contributed by atoms with Gasteiger partial charge in [0, 0.05) is 18.5 Å². The van der Waals surface area contributed by atoms with Crippen LogP contribution in [0.5, 0.6) is 0 Å². The van der Waals surface area contributed by atoms with Crippen LogP contribution in [0.4, 0.5) is 0 Å². The highest BCUT2D eigenvalue weighted by molar-refractivity contribution is 7.21. The zero-order valence-electron chi connectivity index (χ0n) is 10.7. The standard InChI is InChI=1S/C14H13N3OS2/c1-2-4-12-9(3-1)16-13(20-12)10-8-19-14(17-10)11-7-15-5-6-18-11/h1-4,8,11,15H,5-7H2. The summed E-state index contributed by atoms with van der Waals surface area (Å²) in [5, 5.41) is 7.42. The minimum absolute atomic E-state index is 0.0804. The van der Waals surface area contributed by atoms with Crippen molar-refractivity contribution >= 4 is 32.9 Å². The fourth-order valence-electron chi connectivity index (χ4n) is 2.24. The Balaban J connectivity index is 1.66. The first-order chi connectivity index (χ1) is 9.90. The highest BCUT2D eigenvalue weighted by Crippen LogP contribution is 2.32. The normalized spacial score (nSPS) is 19.5. The molecule has 4 nitrogen and oxygen atoms in total. The highest BCUT2D eigenvalue weighted by atomic mass is 32.1. The van der Waals surface area contributed by atoms with Crippen LogP contribution in [-0.4, -0.2) is 29.7 Å². The predicted octanol–water partition coefficient (Wildman–Crippen LogP) is 3.08. The fourth-order valence-corrected chi connectivity index (χ4v) is 4.09. The summed E-state index contributed by atoms with van der Waals surface area (Å²) in [6.07, 6.45) is 0.0804. The number of aromatic nitrogens is 2. The van der Waals surface area contributed by atoms with Gasteiger partial charge in [-0.3, -0.25) is 0 Å². The van der Waals surface area contributed by atoms with Gasteiger partial charge in [0.05, 0.1) is 16.8 Å². The van der Waals surface area contributed by atoms with Crippen LogP contribution in [0, 0.1) is 0 Å². The third-order valence-electron chi connectivity index (χ3n) is 3.24. The summed E-state index contributed by atoms with van der Waals surface area (Å²) < 4.78 is 6.94. The lowest BCUT2D eigenvalue weighted by molar-refractivity contribution is 0.0276. The van der Waals surface area contributed by atoms with E-state index in [1.807, 2.05) is 18.2 Å². The molecular formula is C14H13N3OS2. The van der Waals surface area contributed by atoms with Gasteiger partial charge in [0.2, 0.25) is 0 Å². The van der Waals surface area contributed by atoms with Crippen LogP contribution in [0.1, 0.15) is 11.1 Å². The second-order valence-corrected chi connectivity index (χ2v) is 6.54. The molecule has 0 amide bonds. The van der Waals surface area contributed by atoms with E-state index in [-0.39, 0.29) is 6.10 Å². The monoisotopic (exact) mass is 303 g/mol. The maximum atomic E-state index is 5.74. The van der Waals surface area contributed by atoms with Gasteiger partial charge in [-0.2, -0.15) is 0 Å². The summed E-state index contributed by atoms with van der Waals surface area (Å²) in [7, 11) is 0. The van der Waals surface area contributed by atoms with Crippen LogP contribution < -0.4 is 5.32 Å². The molecule has 20 heavy (non-hydrogen) atoms. The molecule has 3 aromatic rings. The zero-order chi connectivity index (χ0) is 13.4. The van der Waals surface area contributed by atoms with Crippen LogP contribution in [0.2, 0.25) is 0 Å². The number of benzene rings is 1. The summed E-state index contributed by atoms with van der Waals surface area (Å²) in [5.41, 5.74) is 2.00. The summed E-state index contributed by atoms with van der Waals surface area (Å²) in [4.78, 5) is 9.35. The van der Waals surface area contributed by atoms with E-state index >= 15 is 0 Å². The average molecular weight is 303 g/mol. The Hall–Kier alpha value is -1.34. The Morgan fingerprint density at radius 3 is 3.05 bits per heavy atom. The van der Waals surface area contributed by atoms with E-state index < -0.39 is 0 Å². The molecule has 102 valence electrons. The van der Waals surface area contributed by atoms with Crippen molar-refractivity contribution in [1.82, 2.24) is 15.3 Å². The molecule has 0 bridgehead atoms. The van der Waals surface area contributed by atoms with E-state index in [1.165, 1.54) is 4.70 Å². The summed E-state index contributed by atoms with van der Waals surface area (Å²) in [6, 6.07) is 8.19. The maximum Gasteiger partial charge on any atom is 0.143 e. The summed E-state index contributed by atoms with van der Waals surface area (Å²) in [6.45, 7) is 2.51. The first-order valence-corrected chi connectivity index (χ1v) is 8.23. The van der Waals surface area contributed by atoms with E-state index in [1.54, 1.807) is 22.7 Å². The van der Waals surface area contributed by atoms with Gasteiger partial charge in [-0.1, -0.05) is 12.1 Å². The Kier molecular flexibility index (Phi) is 3.23. The van der Waals surface area contributed by atoms with Crippen LogP contribution in [0.25, 0.3) is 20.9 Å². The average Bonchev–Trinajstić information content (AvgIpc) is 3.14. The number of thiazole rings is 2. The van der Waals surface area contributed by atoms with Crippen molar-refractivity contribution in [3.63, 3.8) is 0 Å². The molecule has 2 aromatic heterocycles. The van der Waals surface area contributed by atoms with Crippen molar-refractivity contribution in [2.75, 3.05) is 19.7 Å². The summed E-state index contributed by atoms with van der Waals surface area (Å²) >= 11 is 3.34. The molecule has 0 radical (unpaired) electrons. The molecule has 0 spiro atoms. The molecule has 1 aromatic carbocycles. The van der Waals surface area contributed by atoms with Gasteiger partial charge < -0.3 is 10.1 Å². The van der Waals surface area contributed by atoms with Crippen molar-refractivity contribution in [2.45, 2.75) is 6.10 Å².